The van der Waals surface area contributed by atoms with Crippen LogP contribution in [0.2, 0.25) is 0 Å². The van der Waals surface area contributed by atoms with Crippen molar-refractivity contribution >= 4 is 17.3 Å². The van der Waals surface area contributed by atoms with Crippen molar-refractivity contribution in [3.63, 3.8) is 0 Å². The molecule has 2 rings (SSSR count). The van der Waals surface area contributed by atoms with Crippen molar-refractivity contribution in [1.29, 1.82) is 0 Å². The van der Waals surface area contributed by atoms with Gasteiger partial charge in [0, 0.05) is 11.4 Å². The van der Waals surface area contributed by atoms with Gasteiger partial charge in [0.2, 0.25) is 0 Å². The Bertz CT molecular complexity index is 608. The van der Waals surface area contributed by atoms with Crippen molar-refractivity contribution in [1.82, 2.24) is 0 Å². The number of carbonyl (C=O) groups is 1. The summed E-state index contributed by atoms with van der Waals surface area (Å²) in [6, 6.07) is 14.8. The SMILES string of the molecule is CCc1ccccc1OC(C)C(=O)Nc1ccc(N)cc1. The summed E-state index contributed by atoms with van der Waals surface area (Å²) in [5.74, 6) is 0.561. The van der Waals surface area contributed by atoms with Crippen molar-refractivity contribution in [3.8, 4) is 5.75 Å². The fourth-order valence-electron chi connectivity index (χ4n) is 1.97. The topological polar surface area (TPSA) is 64.3 Å². The van der Waals surface area contributed by atoms with Gasteiger partial charge in [-0.2, -0.15) is 0 Å². The van der Waals surface area contributed by atoms with Gasteiger partial charge in [-0.05, 0) is 49.2 Å². The predicted octanol–water partition coefficient (Wildman–Crippen LogP) is 3.24. The van der Waals surface area contributed by atoms with Crippen LogP contribution in [0, 0.1) is 0 Å². The molecule has 4 nitrogen and oxygen atoms in total. The number of rotatable bonds is 5. The number of carbonyl (C=O) groups excluding carboxylic acids is 1. The molecule has 2 aromatic rings. The van der Waals surface area contributed by atoms with Gasteiger partial charge >= 0.3 is 0 Å². The van der Waals surface area contributed by atoms with E-state index in [9.17, 15) is 4.79 Å². The van der Waals surface area contributed by atoms with Gasteiger partial charge < -0.3 is 15.8 Å². The number of benzene rings is 2. The first-order valence-electron chi connectivity index (χ1n) is 7.01. The number of nitrogens with one attached hydrogen (secondary N) is 1. The van der Waals surface area contributed by atoms with E-state index in [4.69, 9.17) is 10.5 Å². The summed E-state index contributed by atoms with van der Waals surface area (Å²) < 4.78 is 5.76. The zero-order valence-corrected chi connectivity index (χ0v) is 12.3. The highest BCUT2D eigenvalue weighted by Crippen LogP contribution is 2.20. The van der Waals surface area contributed by atoms with Crippen LogP contribution < -0.4 is 15.8 Å². The minimum absolute atomic E-state index is 0.189. The molecular formula is C17H20N2O2. The lowest BCUT2D eigenvalue weighted by molar-refractivity contribution is -0.122. The fraction of sp³-hybridized carbons (Fsp3) is 0.235. The molecule has 110 valence electrons. The van der Waals surface area contributed by atoms with E-state index in [1.165, 1.54) is 0 Å². The van der Waals surface area contributed by atoms with Crippen molar-refractivity contribution in [2.45, 2.75) is 26.4 Å². The molecule has 0 spiro atoms. The van der Waals surface area contributed by atoms with Crippen LogP contribution in [0.1, 0.15) is 19.4 Å². The van der Waals surface area contributed by atoms with Gasteiger partial charge in [-0.3, -0.25) is 4.79 Å². The second-order valence-corrected chi connectivity index (χ2v) is 4.83. The predicted molar refractivity (Wildman–Crippen MR) is 85.4 cm³/mol. The molecule has 2 aromatic carbocycles. The smallest absolute Gasteiger partial charge is 0.265 e. The van der Waals surface area contributed by atoms with E-state index in [1.807, 2.05) is 24.3 Å². The first kappa shape index (κ1) is 14.9. The maximum Gasteiger partial charge on any atom is 0.265 e. The van der Waals surface area contributed by atoms with Crippen LogP contribution in [0.15, 0.2) is 48.5 Å². The average molecular weight is 284 g/mol. The number of hydrogen-bond acceptors (Lipinski definition) is 3. The Kier molecular flexibility index (Phi) is 4.82. The molecule has 0 saturated heterocycles. The van der Waals surface area contributed by atoms with Gasteiger partial charge in [0.15, 0.2) is 6.10 Å². The number of aryl methyl sites for hydroxylation is 1. The monoisotopic (exact) mass is 284 g/mol. The van der Waals surface area contributed by atoms with Crippen LogP contribution in [-0.4, -0.2) is 12.0 Å². The van der Waals surface area contributed by atoms with Crippen LogP contribution in [0.5, 0.6) is 5.75 Å². The van der Waals surface area contributed by atoms with Gasteiger partial charge in [-0.1, -0.05) is 25.1 Å². The highest BCUT2D eigenvalue weighted by atomic mass is 16.5. The third kappa shape index (κ3) is 3.99. The van der Waals surface area contributed by atoms with Crippen LogP contribution >= 0.6 is 0 Å². The van der Waals surface area contributed by atoms with Crippen molar-refractivity contribution in [2.24, 2.45) is 0 Å². The lowest BCUT2D eigenvalue weighted by Gasteiger charge is -2.17. The molecule has 0 heterocycles. The van der Waals surface area contributed by atoms with E-state index in [2.05, 4.69) is 12.2 Å². The minimum Gasteiger partial charge on any atom is -0.481 e. The number of ether oxygens (including phenoxy) is 1. The molecule has 0 aliphatic carbocycles. The molecule has 1 unspecified atom stereocenters. The molecule has 0 fully saturated rings. The lowest BCUT2D eigenvalue weighted by atomic mass is 10.1. The Balaban J connectivity index is 2.01. The normalized spacial score (nSPS) is 11.7. The highest BCUT2D eigenvalue weighted by molar-refractivity contribution is 5.94. The second-order valence-electron chi connectivity index (χ2n) is 4.83. The van der Waals surface area contributed by atoms with Crippen molar-refractivity contribution < 1.29 is 9.53 Å². The summed E-state index contributed by atoms with van der Waals surface area (Å²) >= 11 is 0. The van der Waals surface area contributed by atoms with Crippen molar-refractivity contribution in [2.75, 3.05) is 11.1 Å². The van der Waals surface area contributed by atoms with Gasteiger partial charge in [0.05, 0.1) is 0 Å². The molecule has 0 saturated carbocycles. The molecule has 21 heavy (non-hydrogen) atoms. The van der Waals surface area contributed by atoms with E-state index in [-0.39, 0.29) is 5.91 Å². The van der Waals surface area contributed by atoms with Gasteiger partial charge in [-0.15, -0.1) is 0 Å². The Morgan fingerprint density at radius 1 is 1.19 bits per heavy atom. The highest BCUT2D eigenvalue weighted by Gasteiger charge is 2.16. The first-order chi connectivity index (χ1) is 10.1. The number of amides is 1. The van der Waals surface area contributed by atoms with E-state index >= 15 is 0 Å². The first-order valence-corrected chi connectivity index (χ1v) is 7.01. The molecule has 4 heteroatoms. The molecule has 1 amide bonds. The van der Waals surface area contributed by atoms with E-state index in [0.29, 0.717) is 11.4 Å². The zero-order chi connectivity index (χ0) is 15.2. The van der Waals surface area contributed by atoms with E-state index < -0.39 is 6.10 Å². The molecule has 0 aliphatic rings. The quantitative estimate of drug-likeness (QED) is 0.828. The van der Waals surface area contributed by atoms with Gasteiger partial charge in [-0.25, -0.2) is 0 Å². The summed E-state index contributed by atoms with van der Waals surface area (Å²) in [5.41, 5.74) is 8.07. The summed E-state index contributed by atoms with van der Waals surface area (Å²) in [6.07, 6.45) is 0.290. The van der Waals surface area contributed by atoms with E-state index in [0.717, 1.165) is 17.7 Å². The maximum atomic E-state index is 12.1. The number of nitrogens with two attached hydrogens (primary N) is 1. The fourth-order valence-corrected chi connectivity index (χ4v) is 1.97. The number of nitrogen functional groups attached to an aromatic ring is 1. The molecule has 0 bridgehead atoms. The van der Waals surface area contributed by atoms with Gasteiger partial charge in [0.25, 0.3) is 5.91 Å². The second kappa shape index (κ2) is 6.79. The lowest BCUT2D eigenvalue weighted by Crippen LogP contribution is -2.30. The van der Waals surface area contributed by atoms with Crippen molar-refractivity contribution in [3.05, 3.63) is 54.1 Å². The molecule has 0 radical (unpaired) electrons. The Hall–Kier alpha value is -2.49. The third-order valence-corrected chi connectivity index (χ3v) is 3.20. The molecular weight excluding hydrogens is 264 g/mol. The number of anilines is 2. The van der Waals surface area contributed by atoms with Crippen LogP contribution in [0.3, 0.4) is 0 Å². The third-order valence-electron chi connectivity index (χ3n) is 3.20. The number of para-hydroxylation sites is 1. The average Bonchev–Trinajstić information content (AvgIpc) is 2.50. The summed E-state index contributed by atoms with van der Waals surface area (Å²) in [6.45, 7) is 3.79. The van der Waals surface area contributed by atoms with Gasteiger partial charge in [0.1, 0.15) is 5.75 Å². The standard InChI is InChI=1S/C17H20N2O2/c1-3-13-6-4-5-7-16(13)21-12(2)17(20)19-15-10-8-14(18)9-11-15/h4-12H,3,18H2,1-2H3,(H,19,20). The summed E-state index contributed by atoms with van der Waals surface area (Å²) in [7, 11) is 0. The summed E-state index contributed by atoms with van der Waals surface area (Å²) in [5, 5.41) is 2.81. The number of hydrogen-bond donors (Lipinski definition) is 2. The molecule has 3 N–H and O–H groups in total. The molecule has 0 aliphatic heterocycles. The van der Waals surface area contributed by atoms with E-state index in [1.54, 1.807) is 31.2 Å². The van der Waals surface area contributed by atoms with Crippen LogP contribution in [-0.2, 0) is 11.2 Å². The largest absolute Gasteiger partial charge is 0.481 e. The molecule has 1 atom stereocenters. The maximum absolute atomic E-state index is 12.1. The van der Waals surface area contributed by atoms with Crippen LogP contribution in [0.4, 0.5) is 11.4 Å². The Morgan fingerprint density at radius 3 is 2.52 bits per heavy atom. The zero-order valence-electron chi connectivity index (χ0n) is 12.3. The van der Waals surface area contributed by atoms with Crippen LogP contribution in [0.25, 0.3) is 0 Å². The Morgan fingerprint density at radius 2 is 1.86 bits per heavy atom. The minimum atomic E-state index is -0.574. The summed E-state index contributed by atoms with van der Waals surface area (Å²) in [4.78, 5) is 12.1. The molecule has 0 aromatic heterocycles. The Labute approximate surface area is 124 Å².